The number of urea groups is 1. The van der Waals surface area contributed by atoms with Gasteiger partial charge in [-0.15, -0.1) is 0 Å². The molecule has 162 valence electrons. The number of hydrogen-bond acceptors (Lipinski definition) is 4. The van der Waals surface area contributed by atoms with Crippen LogP contribution in [0, 0.1) is 0 Å². The molecule has 7 nitrogen and oxygen atoms in total. The Balaban J connectivity index is 1.28. The topological polar surface area (TPSA) is 83.6 Å². The molecule has 31 heavy (non-hydrogen) atoms. The molecule has 0 spiro atoms. The lowest BCUT2D eigenvalue weighted by Crippen LogP contribution is -2.38. The Morgan fingerprint density at radius 2 is 1.77 bits per heavy atom. The summed E-state index contributed by atoms with van der Waals surface area (Å²) in [6, 6.07) is 19.3. The first-order valence-corrected chi connectivity index (χ1v) is 10.4. The van der Waals surface area contributed by atoms with Crippen molar-refractivity contribution in [2.75, 3.05) is 26.7 Å². The second-order valence-corrected chi connectivity index (χ2v) is 7.21. The summed E-state index contributed by atoms with van der Waals surface area (Å²) < 4.78 is 5.81. The lowest BCUT2D eigenvalue weighted by molar-refractivity contribution is -0.120. The molecule has 0 radical (unpaired) electrons. The van der Waals surface area contributed by atoms with E-state index in [4.69, 9.17) is 4.74 Å². The summed E-state index contributed by atoms with van der Waals surface area (Å²) in [6.07, 6.45) is 2.66. The first-order chi connectivity index (χ1) is 15.1. The van der Waals surface area contributed by atoms with Crippen molar-refractivity contribution >= 4 is 22.8 Å². The second kappa shape index (κ2) is 11.5. The number of pyridine rings is 1. The molecule has 0 bridgehead atoms. The molecule has 2 N–H and O–H groups in total. The number of para-hydroxylation sites is 1. The molecule has 0 fully saturated rings. The van der Waals surface area contributed by atoms with Gasteiger partial charge in [-0.3, -0.25) is 9.78 Å². The number of nitrogens with one attached hydrogen (secondary N) is 2. The van der Waals surface area contributed by atoms with Gasteiger partial charge in [-0.05, 0) is 24.1 Å². The SMILES string of the molecule is CN(Cc1ccccc1)C(=O)NCCC(=O)NCCCOc1cccc2cccnc12. The van der Waals surface area contributed by atoms with Crippen molar-refractivity contribution in [3.63, 3.8) is 0 Å². The van der Waals surface area contributed by atoms with E-state index in [0.29, 0.717) is 32.7 Å². The van der Waals surface area contributed by atoms with Crippen molar-refractivity contribution in [1.29, 1.82) is 0 Å². The molecule has 3 aromatic rings. The van der Waals surface area contributed by atoms with Crippen molar-refractivity contribution in [1.82, 2.24) is 20.5 Å². The van der Waals surface area contributed by atoms with Gasteiger partial charge >= 0.3 is 6.03 Å². The largest absolute Gasteiger partial charge is 0.491 e. The fourth-order valence-corrected chi connectivity index (χ4v) is 3.11. The van der Waals surface area contributed by atoms with Gasteiger partial charge in [0.05, 0.1) is 6.61 Å². The predicted octanol–water partition coefficient (Wildman–Crippen LogP) is 3.35. The van der Waals surface area contributed by atoms with Gasteiger partial charge in [0.1, 0.15) is 11.3 Å². The van der Waals surface area contributed by atoms with Gasteiger partial charge in [-0.2, -0.15) is 0 Å². The van der Waals surface area contributed by atoms with Gasteiger partial charge in [0, 0.05) is 44.7 Å². The highest BCUT2D eigenvalue weighted by Crippen LogP contribution is 2.22. The lowest BCUT2D eigenvalue weighted by Gasteiger charge is -2.18. The van der Waals surface area contributed by atoms with E-state index in [2.05, 4.69) is 15.6 Å². The minimum atomic E-state index is -0.200. The van der Waals surface area contributed by atoms with E-state index >= 15 is 0 Å². The van der Waals surface area contributed by atoms with Gasteiger partial charge in [-0.25, -0.2) is 4.79 Å². The minimum Gasteiger partial charge on any atom is -0.491 e. The summed E-state index contributed by atoms with van der Waals surface area (Å²) in [6.45, 7) is 1.81. The highest BCUT2D eigenvalue weighted by Gasteiger charge is 2.09. The van der Waals surface area contributed by atoms with E-state index in [1.54, 1.807) is 18.1 Å². The van der Waals surface area contributed by atoms with Crippen LogP contribution >= 0.6 is 0 Å². The molecule has 0 unspecified atom stereocenters. The fraction of sp³-hybridized carbons (Fsp3) is 0.292. The predicted molar refractivity (Wildman–Crippen MR) is 121 cm³/mol. The zero-order chi connectivity index (χ0) is 21.9. The second-order valence-electron chi connectivity index (χ2n) is 7.21. The molecular formula is C24H28N4O3. The Kier molecular flexibility index (Phi) is 8.22. The Morgan fingerprint density at radius 1 is 0.968 bits per heavy atom. The molecule has 1 heterocycles. The summed E-state index contributed by atoms with van der Waals surface area (Å²) in [5.41, 5.74) is 1.89. The number of amides is 3. The van der Waals surface area contributed by atoms with Crippen molar-refractivity contribution in [2.24, 2.45) is 0 Å². The van der Waals surface area contributed by atoms with Gasteiger partial charge in [0.25, 0.3) is 0 Å². The van der Waals surface area contributed by atoms with Crippen LogP contribution in [0.2, 0.25) is 0 Å². The molecule has 7 heteroatoms. The molecule has 3 rings (SSSR count). The first-order valence-electron chi connectivity index (χ1n) is 10.4. The van der Waals surface area contributed by atoms with Gasteiger partial charge < -0.3 is 20.3 Å². The molecular weight excluding hydrogens is 392 g/mol. The van der Waals surface area contributed by atoms with Gasteiger partial charge in [-0.1, -0.05) is 48.5 Å². The van der Waals surface area contributed by atoms with Crippen LogP contribution in [0.25, 0.3) is 10.9 Å². The normalized spacial score (nSPS) is 10.5. The standard InChI is InChI=1S/C24H28N4O3/c1-28(18-19-8-3-2-4-9-19)24(30)27-16-13-22(29)25-15-7-17-31-21-12-5-10-20-11-6-14-26-23(20)21/h2-6,8-12,14H,7,13,15-18H2,1H3,(H,25,29)(H,27,30). The average molecular weight is 421 g/mol. The van der Waals surface area contributed by atoms with Crippen LogP contribution in [0.4, 0.5) is 4.79 Å². The number of carbonyl (C=O) groups is 2. The van der Waals surface area contributed by atoms with Crippen molar-refractivity contribution in [3.8, 4) is 5.75 Å². The van der Waals surface area contributed by atoms with Crippen LogP contribution in [0.1, 0.15) is 18.4 Å². The maximum absolute atomic E-state index is 12.1. The third-order valence-corrected chi connectivity index (χ3v) is 4.73. The number of aromatic nitrogens is 1. The third kappa shape index (κ3) is 6.99. The number of nitrogens with zero attached hydrogens (tertiary/aromatic N) is 2. The van der Waals surface area contributed by atoms with Gasteiger partial charge in [0.2, 0.25) is 5.91 Å². The Labute approximate surface area is 182 Å². The number of hydrogen-bond donors (Lipinski definition) is 2. The summed E-state index contributed by atoms with van der Waals surface area (Å²) in [5, 5.41) is 6.65. The zero-order valence-electron chi connectivity index (χ0n) is 17.7. The number of benzene rings is 2. The van der Waals surface area contributed by atoms with Crippen molar-refractivity contribution in [3.05, 3.63) is 72.4 Å². The van der Waals surface area contributed by atoms with Crippen molar-refractivity contribution in [2.45, 2.75) is 19.4 Å². The number of carbonyl (C=O) groups excluding carboxylic acids is 2. The van der Waals surface area contributed by atoms with E-state index in [1.807, 2.05) is 60.7 Å². The number of ether oxygens (including phenoxy) is 1. The summed E-state index contributed by atoms with van der Waals surface area (Å²) in [7, 11) is 1.73. The lowest BCUT2D eigenvalue weighted by atomic mass is 10.2. The molecule has 3 amide bonds. The van der Waals surface area contributed by atoms with E-state index in [-0.39, 0.29) is 18.4 Å². The summed E-state index contributed by atoms with van der Waals surface area (Å²) in [4.78, 5) is 30.0. The minimum absolute atomic E-state index is 0.0992. The number of rotatable bonds is 10. The smallest absolute Gasteiger partial charge is 0.317 e. The van der Waals surface area contributed by atoms with E-state index in [9.17, 15) is 9.59 Å². The Bertz CT molecular complexity index is 989. The van der Waals surface area contributed by atoms with E-state index in [0.717, 1.165) is 22.2 Å². The van der Waals surface area contributed by atoms with E-state index in [1.165, 1.54) is 0 Å². The molecule has 1 aromatic heterocycles. The van der Waals surface area contributed by atoms with Crippen LogP contribution < -0.4 is 15.4 Å². The van der Waals surface area contributed by atoms with Crippen LogP contribution in [0.3, 0.4) is 0 Å². The maximum Gasteiger partial charge on any atom is 0.317 e. The molecule has 0 saturated heterocycles. The van der Waals surface area contributed by atoms with Crippen LogP contribution in [-0.4, -0.2) is 48.6 Å². The Morgan fingerprint density at radius 3 is 2.61 bits per heavy atom. The molecule has 0 aliphatic heterocycles. The molecule has 0 aliphatic rings. The first kappa shape index (κ1) is 22.1. The van der Waals surface area contributed by atoms with Crippen LogP contribution in [0.15, 0.2) is 66.9 Å². The highest BCUT2D eigenvalue weighted by molar-refractivity contribution is 5.84. The van der Waals surface area contributed by atoms with E-state index < -0.39 is 0 Å². The third-order valence-electron chi connectivity index (χ3n) is 4.73. The average Bonchev–Trinajstić information content (AvgIpc) is 2.79. The summed E-state index contributed by atoms with van der Waals surface area (Å²) in [5.74, 6) is 0.643. The monoisotopic (exact) mass is 420 g/mol. The number of fused-ring (bicyclic) bond motifs is 1. The zero-order valence-corrected chi connectivity index (χ0v) is 17.7. The Hall–Kier alpha value is -3.61. The molecule has 2 aromatic carbocycles. The summed E-state index contributed by atoms with van der Waals surface area (Å²) >= 11 is 0. The quantitative estimate of drug-likeness (QED) is 0.493. The van der Waals surface area contributed by atoms with Gasteiger partial charge in [0.15, 0.2) is 0 Å². The molecule has 0 saturated carbocycles. The highest BCUT2D eigenvalue weighted by atomic mass is 16.5. The fourth-order valence-electron chi connectivity index (χ4n) is 3.11. The molecule has 0 atom stereocenters. The molecule has 0 aliphatic carbocycles. The van der Waals surface area contributed by atoms with Crippen LogP contribution in [0.5, 0.6) is 5.75 Å². The maximum atomic E-state index is 12.1. The van der Waals surface area contributed by atoms with Crippen molar-refractivity contribution < 1.29 is 14.3 Å². The van der Waals surface area contributed by atoms with Crippen LogP contribution in [-0.2, 0) is 11.3 Å².